The summed E-state index contributed by atoms with van der Waals surface area (Å²) in [5, 5.41) is 5.55. The minimum atomic E-state index is -0.284. The van der Waals surface area contributed by atoms with Crippen LogP contribution in [0.25, 0.3) is 0 Å². The standard InChI is InChI=1S/C16H25N3O3/c1-12(2)8-10-18-16(21)14-7-4-6-13(19-14)15(20)17-9-5-11-22-3/h4,6-7,12H,5,8-11H2,1-3H3,(H,17,20)(H,18,21). The quantitative estimate of drug-likeness (QED) is 0.679. The molecule has 0 aromatic carbocycles. The number of rotatable bonds is 9. The number of ether oxygens (including phenoxy) is 1. The summed E-state index contributed by atoms with van der Waals surface area (Å²) in [6.07, 6.45) is 1.64. The van der Waals surface area contributed by atoms with Crippen molar-refractivity contribution in [2.45, 2.75) is 26.7 Å². The highest BCUT2D eigenvalue weighted by molar-refractivity contribution is 5.96. The van der Waals surface area contributed by atoms with E-state index in [1.54, 1.807) is 25.3 Å². The molecule has 2 N–H and O–H groups in total. The largest absolute Gasteiger partial charge is 0.385 e. The van der Waals surface area contributed by atoms with Gasteiger partial charge in [-0.15, -0.1) is 0 Å². The van der Waals surface area contributed by atoms with Crippen molar-refractivity contribution in [2.75, 3.05) is 26.8 Å². The van der Waals surface area contributed by atoms with Gasteiger partial charge in [0.05, 0.1) is 0 Å². The molecule has 0 bridgehead atoms. The summed E-state index contributed by atoms with van der Waals surface area (Å²) in [4.78, 5) is 28.0. The van der Waals surface area contributed by atoms with Gasteiger partial charge in [0, 0.05) is 26.8 Å². The average Bonchev–Trinajstić information content (AvgIpc) is 2.51. The van der Waals surface area contributed by atoms with Gasteiger partial charge in [0.1, 0.15) is 11.4 Å². The summed E-state index contributed by atoms with van der Waals surface area (Å²) < 4.78 is 4.91. The van der Waals surface area contributed by atoms with Gasteiger partial charge < -0.3 is 15.4 Å². The SMILES string of the molecule is COCCCNC(=O)c1cccc(C(=O)NCCC(C)C)n1. The second kappa shape index (κ2) is 9.89. The molecular formula is C16H25N3O3. The van der Waals surface area contributed by atoms with Crippen LogP contribution in [0, 0.1) is 5.92 Å². The third-order valence-corrected chi connectivity index (χ3v) is 3.03. The Morgan fingerprint density at radius 1 is 1.14 bits per heavy atom. The number of nitrogens with zero attached hydrogens (tertiary/aromatic N) is 1. The van der Waals surface area contributed by atoms with Gasteiger partial charge in [0.2, 0.25) is 0 Å². The number of nitrogens with one attached hydrogen (secondary N) is 2. The van der Waals surface area contributed by atoms with Crippen LogP contribution in [0.15, 0.2) is 18.2 Å². The van der Waals surface area contributed by atoms with E-state index in [1.807, 2.05) is 0 Å². The molecule has 0 saturated heterocycles. The normalized spacial score (nSPS) is 10.5. The van der Waals surface area contributed by atoms with E-state index in [9.17, 15) is 9.59 Å². The Kier molecular flexibility index (Phi) is 8.14. The van der Waals surface area contributed by atoms with E-state index in [1.165, 1.54) is 0 Å². The molecule has 0 atom stereocenters. The Balaban J connectivity index is 2.53. The number of methoxy groups -OCH3 is 1. The maximum Gasteiger partial charge on any atom is 0.269 e. The summed E-state index contributed by atoms with van der Waals surface area (Å²) >= 11 is 0. The third kappa shape index (κ3) is 6.67. The van der Waals surface area contributed by atoms with E-state index in [-0.39, 0.29) is 23.2 Å². The number of carbonyl (C=O) groups excluding carboxylic acids is 2. The minimum absolute atomic E-state index is 0.244. The molecule has 0 aliphatic heterocycles. The number of carbonyl (C=O) groups is 2. The zero-order valence-corrected chi connectivity index (χ0v) is 13.5. The first-order valence-electron chi connectivity index (χ1n) is 7.57. The third-order valence-electron chi connectivity index (χ3n) is 3.03. The first-order valence-corrected chi connectivity index (χ1v) is 7.57. The van der Waals surface area contributed by atoms with Crippen LogP contribution < -0.4 is 10.6 Å². The zero-order valence-electron chi connectivity index (χ0n) is 13.5. The smallest absolute Gasteiger partial charge is 0.269 e. The van der Waals surface area contributed by atoms with Crippen molar-refractivity contribution in [1.29, 1.82) is 0 Å². The van der Waals surface area contributed by atoms with Gasteiger partial charge in [-0.2, -0.15) is 0 Å². The lowest BCUT2D eigenvalue weighted by Crippen LogP contribution is -2.29. The van der Waals surface area contributed by atoms with Gasteiger partial charge in [-0.05, 0) is 30.9 Å². The molecule has 1 aromatic heterocycles. The van der Waals surface area contributed by atoms with Crippen molar-refractivity contribution >= 4 is 11.8 Å². The van der Waals surface area contributed by atoms with Crippen LogP contribution in [-0.4, -0.2) is 43.6 Å². The lowest BCUT2D eigenvalue weighted by molar-refractivity contribution is 0.0941. The monoisotopic (exact) mass is 307 g/mol. The molecule has 6 heteroatoms. The van der Waals surface area contributed by atoms with E-state index in [2.05, 4.69) is 29.5 Å². The molecule has 0 unspecified atom stereocenters. The molecule has 0 saturated carbocycles. The maximum atomic E-state index is 12.0. The number of aromatic nitrogens is 1. The highest BCUT2D eigenvalue weighted by Crippen LogP contribution is 2.01. The predicted molar refractivity (Wildman–Crippen MR) is 84.9 cm³/mol. The second-order valence-electron chi connectivity index (χ2n) is 5.45. The molecule has 22 heavy (non-hydrogen) atoms. The lowest BCUT2D eigenvalue weighted by Gasteiger charge is -2.08. The second-order valence-corrected chi connectivity index (χ2v) is 5.45. The number of pyridine rings is 1. The fourth-order valence-corrected chi connectivity index (χ4v) is 1.76. The van der Waals surface area contributed by atoms with E-state index >= 15 is 0 Å². The van der Waals surface area contributed by atoms with Crippen molar-refractivity contribution in [3.8, 4) is 0 Å². The Labute approximate surface area is 131 Å². The Morgan fingerprint density at radius 2 is 1.73 bits per heavy atom. The molecule has 1 rings (SSSR count). The molecule has 1 aromatic rings. The van der Waals surface area contributed by atoms with Crippen LogP contribution in [-0.2, 0) is 4.74 Å². The van der Waals surface area contributed by atoms with Crippen molar-refractivity contribution in [3.63, 3.8) is 0 Å². The number of amides is 2. The molecule has 0 fully saturated rings. The van der Waals surface area contributed by atoms with Gasteiger partial charge >= 0.3 is 0 Å². The van der Waals surface area contributed by atoms with Crippen molar-refractivity contribution < 1.29 is 14.3 Å². The van der Waals surface area contributed by atoms with Crippen molar-refractivity contribution in [1.82, 2.24) is 15.6 Å². The molecule has 0 aliphatic rings. The van der Waals surface area contributed by atoms with E-state index in [0.29, 0.717) is 25.6 Å². The van der Waals surface area contributed by atoms with Gasteiger partial charge in [-0.3, -0.25) is 9.59 Å². The first kappa shape index (κ1) is 18.1. The van der Waals surface area contributed by atoms with Crippen LogP contribution in [0.4, 0.5) is 0 Å². The van der Waals surface area contributed by atoms with Crippen LogP contribution >= 0.6 is 0 Å². The van der Waals surface area contributed by atoms with Crippen LogP contribution in [0.5, 0.6) is 0 Å². The highest BCUT2D eigenvalue weighted by atomic mass is 16.5. The summed E-state index contributed by atoms with van der Waals surface area (Å²) in [5.41, 5.74) is 0.502. The molecule has 122 valence electrons. The van der Waals surface area contributed by atoms with Crippen molar-refractivity contribution in [2.24, 2.45) is 5.92 Å². The van der Waals surface area contributed by atoms with Crippen LogP contribution in [0.3, 0.4) is 0 Å². The molecule has 0 spiro atoms. The Morgan fingerprint density at radius 3 is 2.27 bits per heavy atom. The molecule has 6 nitrogen and oxygen atoms in total. The fraction of sp³-hybridized carbons (Fsp3) is 0.562. The summed E-state index contributed by atoms with van der Waals surface area (Å²) in [6, 6.07) is 4.86. The zero-order chi connectivity index (χ0) is 16.4. The van der Waals surface area contributed by atoms with Crippen molar-refractivity contribution in [3.05, 3.63) is 29.6 Å². The lowest BCUT2D eigenvalue weighted by atomic mass is 10.1. The maximum absolute atomic E-state index is 12.0. The molecule has 0 radical (unpaired) electrons. The van der Waals surface area contributed by atoms with Gasteiger partial charge in [0.15, 0.2) is 0 Å². The Bertz CT molecular complexity index is 489. The number of hydrogen-bond acceptors (Lipinski definition) is 4. The highest BCUT2D eigenvalue weighted by Gasteiger charge is 2.11. The molecule has 0 aliphatic carbocycles. The molecule has 2 amide bonds. The van der Waals surface area contributed by atoms with E-state index in [4.69, 9.17) is 4.74 Å². The number of hydrogen-bond donors (Lipinski definition) is 2. The molecule has 1 heterocycles. The predicted octanol–water partition coefficient (Wildman–Crippen LogP) is 1.62. The summed E-state index contributed by atoms with van der Waals surface area (Å²) in [6.45, 7) is 5.90. The first-order chi connectivity index (χ1) is 10.5. The van der Waals surface area contributed by atoms with Crippen LogP contribution in [0.2, 0.25) is 0 Å². The van der Waals surface area contributed by atoms with Gasteiger partial charge in [0.25, 0.3) is 11.8 Å². The fourth-order valence-electron chi connectivity index (χ4n) is 1.76. The molecular weight excluding hydrogens is 282 g/mol. The van der Waals surface area contributed by atoms with Crippen LogP contribution in [0.1, 0.15) is 47.7 Å². The average molecular weight is 307 g/mol. The minimum Gasteiger partial charge on any atom is -0.385 e. The van der Waals surface area contributed by atoms with E-state index in [0.717, 1.165) is 12.8 Å². The Hall–Kier alpha value is -1.95. The summed E-state index contributed by atoms with van der Waals surface area (Å²) in [7, 11) is 1.62. The topological polar surface area (TPSA) is 80.3 Å². The van der Waals surface area contributed by atoms with Gasteiger partial charge in [-0.25, -0.2) is 4.98 Å². The van der Waals surface area contributed by atoms with Gasteiger partial charge in [-0.1, -0.05) is 19.9 Å². The summed E-state index contributed by atoms with van der Waals surface area (Å²) in [5.74, 6) is -0.0138. The van der Waals surface area contributed by atoms with E-state index < -0.39 is 0 Å².